The number of aliphatic hydroxyl groups is 2. The van der Waals surface area contributed by atoms with Gasteiger partial charge in [-0.15, -0.1) is 0 Å². The second-order valence-electron chi connectivity index (χ2n) is 4.57. The number of amides is 2. The highest BCUT2D eigenvalue weighted by atomic mass is 79.9. The summed E-state index contributed by atoms with van der Waals surface area (Å²) in [5.74, 6) is -0.547. The van der Waals surface area contributed by atoms with E-state index in [2.05, 4.69) is 21.2 Å². The lowest BCUT2D eigenvalue weighted by Crippen LogP contribution is -2.41. The van der Waals surface area contributed by atoms with Crippen molar-refractivity contribution in [3.8, 4) is 0 Å². The van der Waals surface area contributed by atoms with Crippen molar-refractivity contribution in [1.82, 2.24) is 10.2 Å². The minimum atomic E-state index is -0.987. The van der Waals surface area contributed by atoms with Crippen molar-refractivity contribution in [3.63, 3.8) is 0 Å². The molecule has 0 saturated carbocycles. The van der Waals surface area contributed by atoms with Gasteiger partial charge in [0, 0.05) is 23.1 Å². The molecular formula is C13H15BrN2O4. The molecule has 1 aliphatic rings. The van der Waals surface area contributed by atoms with Gasteiger partial charge in [-0.3, -0.25) is 9.59 Å². The summed E-state index contributed by atoms with van der Waals surface area (Å²) in [4.78, 5) is 25.2. The van der Waals surface area contributed by atoms with E-state index in [0.717, 1.165) is 10.0 Å². The number of hydrogen-bond donors (Lipinski definition) is 3. The minimum Gasteiger partial charge on any atom is -0.394 e. The van der Waals surface area contributed by atoms with Gasteiger partial charge in [-0.2, -0.15) is 0 Å². The number of nitrogens with zero attached hydrogens (tertiary/aromatic N) is 1. The Labute approximate surface area is 124 Å². The minimum absolute atomic E-state index is 0.0337. The van der Waals surface area contributed by atoms with Gasteiger partial charge in [0.25, 0.3) is 5.91 Å². The van der Waals surface area contributed by atoms with Gasteiger partial charge in [-0.25, -0.2) is 0 Å². The van der Waals surface area contributed by atoms with Gasteiger partial charge in [0.2, 0.25) is 5.91 Å². The van der Waals surface area contributed by atoms with Crippen LogP contribution in [0.5, 0.6) is 0 Å². The monoisotopic (exact) mass is 342 g/mol. The maximum atomic E-state index is 12.1. The number of halogens is 1. The smallest absolute Gasteiger partial charge is 0.255 e. The second-order valence-corrected chi connectivity index (χ2v) is 5.42. The van der Waals surface area contributed by atoms with Crippen LogP contribution in [0.4, 0.5) is 0 Å². The molecule has 6 nitrogen and oxygen atoms in total. The molecule has 1 aliphatic heterocycles. The average molecular weight is 343 g/mol. The molecule has 0 radical (unpaired) electrons. The molecule has 2 rings (SSSR count). The Morgan fingerprint density at radius 2 is 2.25 bits per heavy atom. The van der Waals surface area contributed by atoms with Crippen LogP contribution in [0.15, 0.2) is 22.7 Å². The van der Waals surface area contributed by atoms with Gasteiger partial charge in [-0.1, -0.05) is 22.0 Å². The van der Waals surface area contributed by atoms with Crippen LogP contribution in [-0.2, 0) is 11.3 Å². The first-order valence-electron chi connectivity index (χ1n) is 6.15. The number of rotatable bonds is 5. The molecule has 0 bridgehead atoms. The summed E-state index contributed by atoms with van der Waals surface area (Å²) in [6.07, 6.45) is -0.987. The maximum absolute atomic E-state index is 12.1. The first kappa shape index (κ1) is 15.0. The van der Waals surface area contributed by atoms with Gasteiger partial charge >= 0.3 is 0 Å². The van der Waals surface area contributed by atoms with Crippen molar-refractivity contribution in [2.24, 2.45) is 0 Å². The Kier molecular flexibility index (Phi) is 4.74. The molecule has 1 heterocycles. The quantitative estimate of drug-likeness (QED) is 0.695. The Morgan fingerprint density at radius 3 is 2.90 bits per heavy atom. The van der Waals surface area contributed by atoms with Crippen LogP contribution in [0.1, 0.15) is 15.9 Å². The van der Waals surface area contributed by atoms with E-state index in [-0.39, 0.29) is 24.9 Å². The van der Waals surface area contributed by atoms with Crippen molar-refractivity contribution in [2.45, 2.75) is 12.6 Å². The lowest BCUT2D eigenvalue weighted by Gasteiger charge is -2.16. The Balaban J connectivity index is 1.95. The molecule has 1 atom stereocenters. The molecule has 2 amide bonds. The highest BCUT2D eigenvalue weighted by Gasteiger charge is 2.29. The molecule has 0 spiro atoms. The molecule has 0 fully saturated rings. The van der Waals surface area contributed by atoms with E-state index >= 15 is 0 Å². The normalized spacial score (nSPS) is 15.2. The van der Waals surface area contributed by atoms with Crippen molar-refractivity contribution in [2.75, 3.05) is 19.7 Å². The molecule has 1 aromatic rings. The summed E-state index contributed by atoms with van der Waals surface area (Å²) < 4.78 is 0.849. The van der Waals surface area contributed by atoms with Crippen LogP contribution in [-0.4, -0.2) is 52.7 Å². The predicted molar refractivity (Wildman–Crippen MR) is 75.0 cm³/mol. The lowest BCUT2D eigenvalue weighted by atomic mass is 10.1. The number of aliphatic hydroxyl groups excluding tert-OH is 2. The van der Waals surface area contributed by atoms with Crippen LogP contribution in [0, 0.1) is 0 Å². The van der Waals surface area contributed by atoms with Crippen LogP contribution in [0.25, 0.3) is 0 Å². The SMILES string of the molecule is O=C(CN1Cc2c(Br)cccc2C1=O)NCC(O)CO. The molecule has 0 saturated heterocycles. The number of benzene rings is 1. The number of hydrogen-bond acceptors (Lipinski definition) is 4. The van der Waals surface area contributed by atoms with Gasteiger partial charge in [0.05, 0.1) is 12.7 Å². The van der Waals surface area contributed by atoms with E-state index in [4.69, 9.17) is 10.2 Å². The van der Waals surface area contributed by atoms with Crippen molar-refractivity contribution in [3.05, 3.63) is 33.8 Å². The summed E-state index contributed by atoms with van der Waals surface area (Å²) in [5, 5.41) is 20.3. The first-order chi connectivity index (χ1) is 9.52. The van der Waals surface area contributed by atoms with E-state index in [1.54, 1.807) is 12.1 Å². The van der Waals surface area contributed by atoms with Gasteiger partial charge < -0.3 is 20.4 Å². The highest BCUT2D eigenvalue weighted by Crippen LogP contribution is 2.28. The fourth-order valence-corrected chi connectivity index (χ4v) is 2.50. The second kappa shape index (κ2) is 6.34. The number of carbonyl (C=O) groups excluding carboxylic acids is 2. The third-order valence-electron chi connectivity index (χ3n) is 3.07. The van der Waals surface area contributed by atoms with E-state index < -0.39 is 12.7 Å². The zero-order valence-electron chi connectivity index (χ0n) is 10.7. The van der Waals surface area contributed by atoms with Gasteiger partial charge in [0.15, 0.2) is 0 Å². The van der Waals surface area contributed by atoms with Crippen LogP contribution in [0.3, 0.4) is 0 Å². The van der Waals surface area contributed by atoms with Crippen LogP contribution < -0.4 is 5.32 Å². The predicted octanol–water partition coefficient (Wildman–Crippen LogP) is -0.126. The fraction of sp³-hybridized carbons (Fsp3) is 0.385. The maximum Gasteiger partial charge on any atom is 0.255 e. The summed E-state index contributed by atoms with van der Waals surface area (Å²) in [6, 6.07) is 5.37. The number of fused-ring (bicyclic) bond motifs is 1. The zero-order valence-corrected chi connectivity index (χ0v) is 12.3. The van der Waals surface area contributed by atoms with Crippen LogP contribution >= 0.6 is 15.9 Å². The fourth-order valence-electron chi connectivity index (χ4n) is 2.01. The number of carbonyl (C=O) groups is 2. The topological polar surface area (TPSA) is 89.9 Å². The molecule has 0 aliphatic carbocycles. The summed E-state index contributed by atoms with van der Waals surface area (Å²) in [6.45, 7) is -0.140. The third-order valence-corrected chi connectivity index (χ3v) is 3.81. The summed E-state index contributed by atoms with van der Waals surface area (Å²) in [5.41, 5.74) is 1.48. The summed E-state index contributed by atoms with van der Waals surface area (Å²) in [7, 11) is 0. The van der Waals surface area contributed by atoms with E-state index in [1.165, 1.54) is 4.90 Å². The van der Waals surface area contributed by atoms with E-state index in [1.807, 2.05) is 6.07 Å². The lowest BCUT2D eigenvalue weighted by molar-refractivity contribution is -0.122. The number of nitrogens with one attached hydrogen (secondary N) is 1. The van der Waals surface area contributed by atoms with Gasteiger partial charge in [0.1, 0.15) is 6.54 Å². The van der Waals surface area contributed by atoms with Crippen LogP contribution in [0.2, 0.25) is 0 Å². The zero-order chi connectivity index (χ0) is 14.7. The summed E-state index contributed by atoms with van der Waals surface area (Å²) >= 11 is 3.39. The molecule has 108 valence electrons. The molecule has 1 aromatic carbocycles. The van der Waals surface area contributed by atoms with E-state index in [0.29, 0.717) is 12.1 Å². The first-order valence-corrected chi connectivity index (χ1v) is 6.94. The Morgan fingerprint density at radius 1 is 1.50 bits per heavy atom. The molecular weight excluding hydrogens is 328 g/mol. The third kappa shape index (κ3) is 3.17. The Bertz CT molecular complexity index is 535. The molecule has 3 N–H and O–H groups in total. The molecule has 7 heteroatoms. The highest BCUT2D eigenvalue weighted by molar-refractivity contribution is 9.10. The molecule has 1 unspecified atom stereocenters. The molecule has 20 heavy (non-hydrogen) atoms. The van der Waals surface area contributed by atoms with E-state index in [9.17, 15) is 9.59 Å². The molecule has 0 aromatic heterocycles. The van der Waals surface area contributed by atoms with Gasteiger partial charge in [-0.05, 0) is 17.7 Å². The van der Waals surface area contributed by atoms with Crippen molar-refractivity contribution in [1.29, 1.82) is 0 Å². The largest absolute Gasteiger partial charge is 0.394 e. The standard InChI is InChI=1S/C13H15BrN2O4/c14-11-3-1-2-9-10(11)5-16(13(9)20)6-12(19)15-4-8(18)7-17/h1-3,8,17-18H,4-7H2,(H,15,19). The average Bonchev–Trinajstić information content (AvgIpc) is 2.75. The van der Waals surface area contributed by atoms with Crippen molar-refractivity contribution >= 4 is 27.7 Å². The van der Waals surface area contributed by atoms with Crippen molar-refractivity contribution < 1.29 is 19.8 Å². The Hall–Kier alpha value is -1.44.